The summed E-state index contributed by atoms with van der Waals surface area (Å²) in [4.78, 5) is 25.6. The van der Waals surface area contributed by atoms with Crippen LogP contribution < -0.4 is 9.47 Å². The second kappa shape index (κ2) is 15.0. The first kappa shape index (κ1) is 28.2. The Bertz CT molecular complexity index is 871. The summed E-state index contributed by atoms with van der Waals surface area (Å²) in [6, 6.07) is 5.69. The largest absolute Gasteiger partial charge is 0.493 e. The normalized spacial score (nSPS) is 15.7. The van der Waals surface area contributed by atoms with E-state index in [4.69, 9.17) is 26.8 Å². The number of rotatable bonds is 16. The first-order chi connectivity index (χ1) is 16.3. The van der Waals surface area contributed by atoms with Crippen molar-refractivity contribution in [2.45, 2.75) is 84.2 Å². The molecule has 1 heterocycles. The summed E-state index contributed by atoms with van der Waals surface area (Å²) in [5, 5.41) is 8.73. The predicted octanol–water partition coefficient (Wildman–Crippen LogP) is 6.67. The first-order valence-electron chi connectivity index (χ1n) is 12.2. The predicted molar refractivity (Wildman–Crippen MR) is 142 cm³/mol. The van der Waals surface area contributed by atoms with Crippen LogP contribution in [0.4, 0.5) is 0 Å². The van der Waals surface area contributed by atoms with Crippen molar-refractivity contribution in [3.05, 3.63) is 28.7 Å². The molecule has 1 aliphatic heterocycles. The number of hydrogen-bond donors (Lipinski definition) is 1. The maximum absolute atomic E-state index is 12.8. The van der Waals surface area contributed by atoms with E-state index in [0.29, 0.717) is 33.7 Å². The van der Waals surface area contributed by atoms with Crippen molar-refractivity contribution in [3.63, 3.8) is 0 Å². The number of hydrogen-bond acceptors (Lipinski definition) is 6. The summed E-state index contributed by atoms with van der Waals surface area (Å²) in [5.41, 5.74) is 0.846. The number of carbonyl (C=O) groups is 2. The average molecular weight is 508 g/mol. The third-order valence-electron chi connectivity index (χ3n) is 5.67. The summed E-state index contributed by atoms with van der Waals surface area (Å²) < 4.78 is 12.2. The van der Waals surface area contributed by atoms with Crippen LogP contribution in [0.5, 0.6) is 11.5 Å². The van der Waals surface area contributed by atoms with Gasteiger partial charge in [-0.3, -0.25) is 14.5 Å². The molecule has 0 saturated carbocycles. The van der Waals surface area contributed by atoms with Crippen molar-refractivity contribution < 1.29 is 24.2 Å². The van der Waals surface area contributed by atoms with Crippen LogP contribution in [0, 0.1) is 0 Å². The molecular formula is C26H37NO5S2. The monoisotopic (exact) mass is 507 g/mol. The first-order valence-corrected chi connectivity index (χ1v) is 13.4. The number of methoxy groups -OCH3 is 1. The van der Waals surface area contributed by atoms with Gasteiger partial charge in [0.15, 0.2) is 11.5 Å². The lowest BCUT2D eigenvalue weighted by atomic mass is 10.1. The second-order valence-electron chi connectivity index (χ2n) is 8.58. The van der Waals surface area contributed by atoms with Crippen LogP contribution in [-0.2, 0) is 9.59 Å². The van der Waals surface area contributed by atoms with Crippen molar-refractivity contribution in [1.29, 1.82) is 0 Å². The Balaban J connectivity index is 1.94. The summed E-state index contributed by atoms with van der Waals surface area (Å²) in [6.07, 6.45) is 11.4. The number of carbonyl (C=O) groups excluding carboxylic acids is 1. The molecule has 1 N–H and O–H groups in total. The molecule has 34 heavy (non-hydrogen) atoms. The van der Waals surface area contributed by atoms with Crippen LogP contribution in [0.2, 0.25) is 0 Å². The van der Waals surface area contributed by atoms with E-state index in [1.807, 2.05) is 24.3 Å². The van der Waals surface area contributed by atoms with E-state index in [1.165, 1.54) is 37.4 Å². The molecule has 6 nitrogen and oxygen atoms in total. The highest BCUT2D eigenvalue weighted by molar-refractivity contribution is 8.26. The highest BCUT2D eigenvalue weighted by Crippen LogP contribution is 2.35. The highest BCUT2D eigenvalue weighted by atomic mass is 32.2. The molecule has 0 aliphatic carbocycles. The van der Waals surface area contributed by atoms with Gasteiger partial charge in [-0.2, -0.15) is 0 Å². The molecule has 8 heteroatoms. The van der Waals surface area contributed by atoms with E-state index in [9.17, 15) is 9.59 Å². The van der Waals surface area contributed by atoms with Gasteiger partial charge in [-0.1, -0.05) is 69.1 Å². The second-order valence-corrected chi connectivity index (χ2v) is 10.3. The third kappa shape index (κ3) is 9.29. The Morgan fingerprint density at radius 1 is 1.15 bits per heavy atom. The molecule has 2 rings (SSSR count). The zero-order valence-corrected chi connectivity index (χ0v) is 22.1. The van der Waals surface area contributed by atoms with Gasteiger partial charge in [0.05, 0.1) is 18.1 Å². The van der Waals surface area contributed by atoms with Gasteiger partial charge in [0.2, 0.25) is 0 Å². The molecule has 0 aromatic heterocycles. The van der Waals surface area contributed by atoms with Gasteiger partial charge in [-0.05, 0) is 56.4 Å². The number of amides is 1. The SMILES string of the molecule is CCCCCCC[C@H](C)Oc1ccc(/C=C2/SC(=S)N(CCCCCC(=O)O)C2=O)cc1OC. The third-order valence-corrected chi connectivity index (χ3v) is 7.05. The number of benzene rings is 1. The van der Waals surface area contributed by atoms with E-state index in [0.717, 1.165) is 31.2 Å². The molecular weight excluding hydrogens is 470 g/mol. The number of carboxylic acid groups (broad SMARTS) is 1. The summed E-state index contributed by atoms with van der Waals surface area (Å²) >= 11 is 6.68. The zero-order valence-electron chi connectivity index (χ0n) is 20.5. The maximum Gasteiger partial charge on any atom is 0.303 e. The number of nitrogens with zero attached hydrogens (tertiary/aromatic N) is 1. The summed E-state index contributed by atoms with van der Waals surface area (Å²) in [5.74, 6) is 0.441. The molecule has 1 aromatic rings. The van der Waals surface area contributed by atoms with Crippen LogP contribution >= 0.6 is 24.0 Å². The quantitative estimate of drug-likeness (QED) is 0.152. The van der Waals surface area contributed by atoms with Crippen molar-refractivity contribution >= 4 is 46.3 Å². The molecule has 0 spiro atoms. The minimum Gasteiger partial charge on any atom is -0.493 e. The number of thioether (sulfide) groups is 1. The van der Waals surface area contributed by atoms with Gasteiger partial charge in [0.25, 0.3) is 5.91 Å². The average Bonchev–Trinajstić information content (AvgIpc) is 3.06. The van der Waals surface area contributed by atoms with E-state index < -0.39 is 5.97 Å². The lowest BCUT2D eigenvalue weighted by Crippen LogP contribution is -2.29. The molecule has 1 aliphatic rings. The lowest BCUT2D eigenvalue weighted by molar-refractivity contribution is -0.137. The molecule has 1 fully saturated rings. The van der Waals surface area contributed by atoms with E-state index in [1.54, 1.807) is 12.0 Å². The van der Waals surface area contributed by atoms with Crippen LogP contribution in [0.25, 0.3) is 6.08 Å². The molecule has 0 unspecified atom stereocenters. The fraction of sp³-hybridized carbons (Fsp3) is 0.577. The van der Waals surface area contributed by atoms with Crippen molar-refractivity contribution in [2.75, 3.05) is 13.7 Å². The van der Waals surface area contributed by atoms with Crippen molar-refractivity contribution in [3.8, 4) is 11.5 Å². The topological polar surface area (TPSA) is 76.1 Å². The number of ether oxygens (including phenoxy) is 2. The van der Waals surface area contributed by atoms with E-state index in [-0.39, 0.29) is 18.4 Å². The molecule has 1 amide bonds. The van der Waals surface area contributed by atoms with Gasteiger partial charge in [0, 0.05) is 13.0 Å². The minimum absolute atomic E-state index is 0.105. The lowest BCUT2D eigenvalue weighted by Gasteiger charge is -2.17. The molecule has 1 aromatic carbocycles. The van der Waals surface area contributed by atoms with Crippen LogP contribution in [0.15, 0.2) is 23.1 Å². The Kier molecular flexibility index (Phi) is 12.5. The number of unbranched alkanes of at least 4 members (excludes halogenated alkanes) is 6. The number of thiocarbonyl (C=S) groups is 1. The van der Waals surface area contributed by atoms with E-state index in [2.05, 4.69) is 13.8 Å². The summed E-state index contributed by atoms with van der Waals surface area (Å²) in [6.45, 7) is 4.81. The fourth-order valence-corrected chi connectivity index (χ4v) is 5.06. The zero-order chi connectivity index (χ0) is 24.9. The number of carboxylic acids is 1. The molecule has 0 radical (unpaired) electrons. The van der Waals surface area contributed by atoms with Crippen molar-refractivity contribution in [2.24, 2.45) is 0 Å². The van der Waals surface area contributed by atoms with Gasteiger partial charge >= 0.3 is 5.97 Å². The van der Waals surface area contributed by atoms with Gasteiger partial charge in [0.1, 0.15) is 4.32 Å². The Hall–Kier alpha value is -2.06. The Morgan fingerprint density at radius 2 is 1.88 bits per heavy atom. The molecule has 1 atom stereocenters. The Labute approximate surface area is 213 Å². The smallest absolute Gasteiger partial charge is 0.303 e. The minimum atomic E-state index is -0.794. The number of aliphatic carboxylic acids is 1. The standard InChI is InChI=1S/C26H37NO5S2/c1-4-5-6-7-9-12-19(2)32-21-15-14-20(17-22(21)31-3)18-23-25(30)27(26(33)34-23)16-11-8-10-13-24(28)29/h14-15,17-19H,4-13,16H2,1-3H3,(H,28,29)/b23-18+/t19-/m0/s1. The van der Waals surface area contributed by atoms with Gasteiger partial charge in [-0.25, -0.2) is 0 Å². The van der Waals surface area contributed by atoms with Gasteiger partial charge in [-0.15, -0.1) is 0 Å². The fourth-order valence-electron chi connectivity index (χ4n) is 3.75. The van der Waals surface area contributed by atoms with Crippen LogP contribution in [-0.4, -0.2) is 46.0 Å². The maximum atomic E-state index is 12.8. The molecule has 188 valence electrons. The van der Waals surface area contributed by atoms with Crippen LogP contribution in [0.1, 0.15) is 83.6 Å². The van der Waals surface area contributed by atoms with Gasteiger partial charge < -0.3 is 14.6 Å². The highest BCUT2D eigenvalue weighted by Gasteiger charge is 2.31. The van der Waals surface area contributed by atoms with Crippen molar-refractivity contribution in [1.82, 2.24) is 4.90 Å². The van der Waals surface area contributed by atoms with Crippen LogP contribution in [0.3, 0.4) is 0 Å². The molecule has 0 bridgehead atoms. The molecule has 1 saturated heterocycles. The van der Waals surface area contributed by atoms with E-state index >= 15 is 0 Å². The summed E-state index contributed by atoms with van der Waals surface area (Å²) in [7, 11) is 1.62. The Morgan fingerprint density at radius 3 is 2.59 bits per heavy atom.